The maximum atomic E-state index is 6.03. The Balaban J connectivity index is 1.58. The van der Waals surface area contributed by atoms with Crippen molar-refractivity contribution in [1.29, 1.82) is 0 Å². The molecule has 0 aliphatic carbocycles. The van der Waals surface area contributed by atoms with Gasteiger partial charge in [-0.2, -0.15) is 0 Å². The van der Waals surface area contributed by atoms with Crippen LogP contribution in [0.2, 0.25) is 10.0 Å². The van der Waals surface area contributed by atoms with Crippen molar-refractivity contribution in [2.45, 2.75) is 26.8 Å². The van der Waals surface area contributed by atoms with Crippen molar-refractivity contribution in [2.24, 2.45) is 0 Å². The minimum absolute atomic E-state index is 0.594. The van der Waals surface area contributed by atoms with Gasteiger partial charge in [-0.3, -0.25) is 0 Å². The van der Waals surface area contributed by atoms with E-state index in [4.69, 9.17) is 27.6 Å². The third-order valence-corrected chi connectivity index (χ3v) is 4.87. The molecule has 1 heterocycles. The number of hydrogen-bond acceptors (Lipinski definition) is 2. The zero-order valence-corrected chi connectivity index (χ0v) is 14.8. The standard InChI is InChI=1S/C19H19Cl2NO/c1-12-3-5-15-10-16(23-19(15)13(12)2)11-22-8-7-14-4-6-17(20)18(21)9-14/h3-6,9-10,22H,7-8,11H2,1-2H3. The summed E-state index contributed by atoms with van der Waals surface area (Å²) in [5, 5.41) is 5.77. The van der Waals surface area contributed by atoms with E-state index in [9.17, 15) is 0 Å². The summed E-state index contributed by atoms with van der Waals surface area (Å²) >= 11 is 12.0. The van der Waals surface area contributed by atoms with Gasteiger partial charge in [0, 0.05) is 5.39 Å². The highest BCUT2D eigenvalue weighted by Crippen LogP contribution is 2.25. The average molecular weight is 348 g/mol. The fourth-order valence-corrected chi connectivity index (χ4v) is 2.94. The zero-order chi connectivity index (χ0) is 16.4. The molecule has 0 amide bonds. The van der Waals surface area contributed by atoms with E-state index in [0.717, 1.165) is 29.7 Å². The van der Waals surface area contributed by atoms with E-state index in [0.29, 0.717) is 16.6 Å². The fourth-order valence-electron chi connectivity index (χ4n) is 2.62. The van der Waals surface area contributed by atoms with E-state index >= 15 is 0 Å². The van der Waals surface area contributed by atoms with E-state index in [1.165, 1.54) is 16.7 Å². The van der Waals surface area contributed by atoms with E-state index in [-0.39, 0.29) is 0 Å². The molecular formula is C19H19Cl2NO. The van der Waals surface area contributed by atoms with Gasteiger partial charge >= 0.3 is 0 Å². The van der Waals surface area contributed by atoms with Gasteiger partial charge in [0.1, 0.15) is 11.3 Å². The molecule has 1 aromatic heterocycles. The number of hydrogen-bond donors (Lipinski definition) is 1. The molecule has 0 unspecified atom stereocenters. The molecule has 0 saturated carbocycles. The molecule has 2 nitrogen and oxygen atoms in total. The highest BCUT2D eigenvalue weighted by molar-refractivity contribution is 6.42. The second-order valence-electron chi connectivity index (χ2n) is 5.81. The van der Waals surface area contributed by atoms with E-state index in [1.54, 1.807) is 0 Å². The number of furan rings is 1. The zero-order valence-electron chi connectivity index (χ0n) is 13.2. The van der Waals surface area contributed by atoms with E-state index in [2.05, 4.69) is 37.4 Å². The number of aryl methyl sites for hydroxylation is 2. The Kier molecular flexibility index (Phi) is 4.96. The summed E-state index contributed by atoms with van der Waals surface area (Å²) in [6.45, 7) is 5.77. The molecule has 0 atom stereocenters. The molecule has 0 radical (unpaired) electrons. The Morgan fingerprint density at radius 3 is 2.61 bits per heavy atom. The summed E-state index contributed by atoms with van der Waals surface area (Å²) in [5.74, 6) is 0.961. The summed E-state index contributed by atoms with van der Waals surface area (Å²) in [5.41, 5.74) is 4.63. The van der Waals surface area contributed by atoms with Crippen molar-refractivity contribution in [3.05, 3.63) is 68.9 Å². The van der Waals surface area contributed by atoms with Crippen molar-refractivity contribution in [2.75, 3.05) is 6.54 Å². The van der Waals surface area contributed by atoms with Gasteiger partial charge in [-0.25, -0.2) is 0 Å². The van der Waals surface area contributed by atoms with Crippen LogP contribution in [0.1, 0.15) is 22.5 Å². The smallest absolute Gasteiger partial charge is 0.137 e. The van der Waals surface area contributed by atoms with Gasteiger partial charge in [0.15, 0.2) is 0 Å². The Bertz CT molecular complexity index is 839. The topological polar surface area (TPSA) is 25.2 Å². The molecule has 0 bridgehead atoms. The number of benzene rings is 2. The first kappa shape index (κ1) is 16.4. The van der Waals surface area contributed by atoms with E-state index < -0.39 is 0 Å². The second kappa shape index (κ2) is 6.96. The second-order valence-corrected chi connectivity index (χ2v) is 6.63. The van der Waals surface area contributed by atoms with E-state index in [1.807, 2.05) is 18.2 Å². The molecule has 0 aliphatic heterocycles. The van der Waals surface area contributed by atoms with Gasteiger partial charge < -0.3 is 9.73 Å². The monoisotopic (exact) mass is 347 g/mol. The maximum Gasteiger partial charge on any atom is 0.137 e. The van der Waals surface area contributed by atoms with Crippen LogP contribution in [0.15, 0.2) is 40.8 Å². The lowest BCUT2D eigenvalue weighted by atomic mass is 10.1. The Morgan fingerprint density at radius 1 is 1.00 bits per heavy atom. The molecule has 3 aromatic rings. The van der Waals surface area contributed by atoms with Crippen LogP contribution in [-0.4, -0.2) is 6.54 Å². The van der Waals surface area contributed by atoms with Crippen LogP contribution in [0, 0.1) is 13.8 Å². The van der Waals surface area contributed by atoms with Crippen LogP contribution in [0.4, 0.5) is 0 Å². The minimum atomic E-state index is 0.594. The first-order chi connectivity index (χ1) is 11.0. The van der Waals surface area contributed by atoms with Crippen molar-refractivity contribution in [3.8, 4) is 0 Å². The molecule has 0 fully saturated rings. The highest BCUT2D eigenvalue weighted by Gasteiger charge is 2.07. The molecule has 0 spiro atoms. The molecular weight excluding hydrogens is 329 g/mol. The van der Waals surface area contributed by atoms with Crippen molar-refractivity contribution in [3.63, 3.8) is 0 Å². The molecule has 3 rings (SSSR count). The van der Waals surface area contributed by atoms with Gasteiger partial charge in [-0.1, -0.05) is 41.4 Å². The Hall–Kier alpha value is -1.48. The van der Waals surface area contributed by atoms with Crippen molar-refractivity contribution < 1.29 is 4.42 Å². The predicted molar refractivity (Wildman–Crippen MR) is 97.6 cm³/mol. The number of nitrogens with one attached hydrogen (secondary N) is 1. The largest absolute Gasteiger partial charge is 0.459 e. The molecule has 120 valence electrons. The SMILES string of the molecule is Cc1ccc2cc(CNCCc3ccc(Cl)c(Cl)c3)oc2c1C. The van der Waals surface area contributed by atoms with Gasteiger partial charge in [0.05, 0.1) is 16.6 Å². The third-order valence-electron chi connectivity index (χ3n) is 4.13. The summed E-state index contributed by atoms with van der Waals surface area (Å²) in [7, 11) is 0. The third kappa shape index (κ3) is 3.72. The quantitative estimate of drug-likeness (QED) is 0.599. The maximum absolute atomic E-state index is 6.03. The molecule has 0 saturated heterocycles. The number of rotatable bonds is 5. The lowest BCUT2D eigenvalue weighted by Crippen LogP contribution is -2.16. The van der Waals surface area contributed by atoms with Gasteiger partial charge in [-0.05, 0) is 61.7 Å². The van der Waals surface area contributed by atoms with Crippen molar-refractivity contribution in [1.82, 2.24) is 5.32 Å². The Labute approximate surface area is 146 Å². The van der Waals surface area contributed by atoms with Crippen LogP contribution in [0.5, 0.6) is 0 Å². The number of fused-ring (bicyclic) bond motifs is 1. The Morgan fingerprint density at radius 2 is 1.83 bits per heavy atom. The minimum Gasteiger partial charge on any atom is -0.459 e. The molecule has 23 heavy (non-hydrogen) atoms. The average Bonchev–Trinajstić information content (AvgIpc) is 2.95. The van der Waals surface area contributed by atoms with Crippen molar-refractivity contribution >= 4 is 34.2 Å². The molecule has 2 aromatic carbocycles. The number of halogens is 2. The lowest BCUT2D eigenvalue weighted by molar-refractivity contribution is 0.513. The van der Waals surface area contributed by atoms with Crippen LogP contribution in [0.25, 0.3) is 11.0 Å². The first-order valence-corrected chi connectivity index (χ1v) is 8.43. The molecule has 0 aliphatic rings. The lowest BCUT2D eigenvalue weighted by Gasteiger charge is -2.04. The summed E-state index contributed by atoms with van der Waals surface area (Å²) in [6.07, 6.45) is 0.898. The predicted octanol–water partition coefficient (Wildman–Crippen LogP) is 5.69. The normalized spacial score (nSPS) is 11.3. The molecule has 4 heteroatoms. The summed E-state index contributed by atoms with van der Waals surface area (Å²) in [6, 6.07) is 12.1. The summed E-state index contributed by atoms with van der Waals surface area (Å²) in [4.78, 5) is 0. The van der Waals surface area contributed by atoms with Gasteiger partial charge in [0.2, 0.25) is 0 Å². The first-order valence-electron chi connectivity index (χ1n) is 7.68. The molecule has 1 N–H and O–H groups in total. The van der Waals surface area contributed by atoms with Gasteiger partial charge in [0.25, 0.3) is 0 Å². The van der Waals surface area contributed by atoms with Crippen LogP contribution < -0.4 is 5.32 Å². The van der Waals surface area contributed by atoms with Crippen LogP contribution in [-0.2, 0) is 13.0 Å². The highest BCUT2D eigenvalue weighted by atomic mass is 35.5. The fraction of sp³-hybridized carbons (Fsp3) is 0.263. The van der Waals surface area contributed by atoms with Crippen LogP contribution >= 0.6 is 23.2 Å². The van der Waals surface area contributed by atoms with Crippen LogP contribution in [0.3, 0.4) is 0 Å². The summed E-state index contributed by atoms with van der Waals surface area (Å²) < 4.78 is 5.97. The van der Waals surface area contributed by atoms with Gasteiger partial charge in [-0.15, -0.1) is 0 Å².